The zero-order valence-corrected chi connectivity index (χ0v) is 9.43. The fourth-order valence-electron chi connectivity index (χ4n) is 1.84. The Balaban J connectivity index is 4.21. The lowest BCUT2D eigenvalue weighted by molar-refractivity contribution is 0.0704. The van der Waals surface area contributed by atoms with Crippen LogP contribution in [0, 0.1) is 10.8 Å². The Labute approximate surface area is 82.0 Å². The third kappa shape index (κ3) is 4.63. The smallest absolute Gasteiger partial charge is 0.0484 e. The van der Waals surface area contributed by atoms with Gasteiger partial charge in [0.2, 0.25) is 0 Å². The summed E-state index contributed by atoms with van der Waals surface area (Å²) in [5.41, 5.74) is 0.140. The Kier molecular flexibility index (Phi) is 4.93. The molecule has 2 N–H and O–H groups in total. The molecule has 0 aromatic heterocycles. The van der Waals surface area contributed by atoms with Gasteiger partial charge in [0.25, 0.3) is 0 Å². The highest BCUT2D eigenvalue weighted by atomic mass is 16.3. The molecule has 0 aliphatic carbocycles. The van der Waals surface area contributed by atoms with Crippen LogP contribution in [0.15, 0.2) is 0 Å². The number of aliphatic hydroxyl groups excluding tert-OH is 2. The number of rotatable bonds is 6. The summed E-state index contributed by atoms with van der Waals surface area (Å²) >= 11 is 0. The molecule has 1 atom stereocenters. The van der Waals surface area contributed by atoms with Crippen molar-refractivity contribution in [3.05, 3.63) is 0 Å². The summed E-state index contributed by atoms with van der Waals surface area (Å²) in [5.74, 6) is 0. The lowest BCUT2D eigenvalue weighted by Gasteiger charge is -2.35. The summed E-state index contributed by atoms with van der Waals surface area (Å²) in [7, 11) is 0. The average Bonchev–Trinajstić information content (AvgIpc) is 2.03. The first-order chi connectivity index (χ1) is 5.89. The lowest BCUT2D eigenvalue weighted by atomic mass is 9.71. The molecular formula is C11H24O2. The van der Waals surface area contributed by atoms with Gasteiger partial charge in [0.05, 0.1) is 0 Å². The first kappa shape index (κ1) is 12.9. The maximum absolute atomic E-state index is 9.25. The summed E-state index contributed by atoms with van der Waals surface area (Å²) < 4.78 is 0. The quantitative estimate of drug-likeness (QED) is 0.671. The van der Waals surface area contributed by atoms with Crippen LogP contribution in [0.4, 0.5) is 0 Å². The molecule has 0 aliphatic heterocycles. The van der Waals surface area contributed by atoms with Crippen molar-refractivity contribution in [1.29, 1.82) is 0 Å². The molecule has 2 heteroatoms. The molecule has 0 rings (SSSR count). The average molecular weight is 188 g/mol. The Morgan fingerprint density at radius 3 is 1.92 bits per heavy atom. The minimum Gasteiger partial charge on any atom is -0.396 e. The van der Waals surface area contributed by atoms with E-state index in [1.165, 1.54) is 0 Å². The van der Waals surface area contributed by atoms with E-state index in [4.69, 9.17) is 5.11 Å². The van der Waals surface area contributed by atoms with Crippen molar-refractivity contribution in [1.82, 2.24) is 0 Å². The number of aliphatic hydroxyl groups is 2. The van der Waals surface area contributed by atoms with Crippen LogP contribution in [-0.2, 0) is 0 Å². The van der Waals surface area contributed by atoms with Crippen LogP contribution in [0.2, 0.25) is 0 Å². The molecule has 13 heavy (non-hydrogen) atoms. The highest BCUT2D eigenvalue weighted by Gasteiger charge is 2.30. The molecular weight excluding hydrogens is 164 g/mol. The number of hydrogen-bond donors (Lipinski definition) is 2. The predicted molar refractivity (Wildman–Crippen MR) is 55.6 cm³/mol. The van der Waals surface area contributed by atoms with Gasteiger partial charge in [-0.15, -0.1) is 0 Å². The van der Waals surface area contributed by atoms with Crippen molar-refractivity contribution in [2.45, 2.75) is 47.0 Å². The van der Waals surface area contributed by atoms with E-state index in [9.17, 15) is 5.11 Å². The summed E-state index contributed by atoms with van der Waals surface area (Å²) in [6, 6.07) is 0. The van der Waals surface area contributed by atoms with E-state index in [2.05, 4.69) is 27.7 Å². The zero-order chi connectivity index (χ0) is 10.5. The first-order valence-corrected chi connectivity index (χ1v) is 5.11. The van der Waals surface area contributed by atoms with Crippen molar-refractivity contribution in [2.24, 2.45) is 10.8 Å². The Hall–Kier alpha value is -0.0800. The highest BCUT2D eigenvalue weighted by molar-refractivity contribution is 4.80. The third-order valence-electron chi connectivity index (χ3n) is 2.93. The van der Waals surface area contributed by atoms with E-state index in [0.29, 0.717) is 0 Å². The molecule has 0 heterocycles. The second-order valence-corrected chi connectivity index (χ2v) is 5.14. The van der Waals surface area contributed by atoms with Gasteiger partial charge >= 0.3 is 0 Å². The Bertz CT molecular complexity index is 137. The molecule has 0 radical (unpaired) electrons. The van der Waals surface area contributed by atoms with Gasteiger partial charge < -0.3 is 10.2 Å². The molecule has 0 aliphatic rings. The van der Waals surface area contributed by atoms with Crippen molar-refractivity contribution >= 4 is 0 Å². The first-order valence-electron chi connectivity index (χ1n) is 5.11. The molecule has 0 bridgehead atoms. The minimum atomic E-state index is 0.0126. The van der Waals surface area contributed by atoms with Gasteiger partial charge in [0.1, 0.15) is 0 Å². The largest absolute Gasteiger partial charge is 0.396 e. The SMILES string of the molecule is CCC(C)(CO)CC(C)(C)CCO. The zero-order valence-electron chi connectivity index (χ0n) is 9.43. The van der Waals surface area contributed by atoms with Crippen molar-refractivity contribution in [2.75, 3.05) is 13.2 Å². The van der Waals surface area contributed by atoms with E-state index in [-0.39, 0.29) is 24.0 Å². The van der Waals surface area contributed by atoms with Crippen LogP contribution in [0.5, 0.6) is 0 Å². The van der Waals surface area contributed by atoms with Crippen molar-refractivity contribution < 1.29 is 10.2 Å². The highest BCUT2D eigenvalue weighted by Crippen LogP contribution is 2.37. The van der Waals surface area contributed by atoms with Gasteiger partial charge in [0.15, 0.2) is 0 Å². The fraction of sp³-hybridized carbons (Fsp3) is 1.00. The van der Waals surface area contributed by atoms with Gasteiger partial charge in [0, 0.05) is 13.2 Å². The van der Waals surface area contributed by atoms with E-state index >= 15 is 0 Å². The van der Waals surface area contributed by atoms with Crippen LogP contribution < -0.4 is 0 Å². The van der Waals surface area contributed by atoms with Crippen LogP contribution >= 0.6 is 0 Å². The van der Waals surface area contributed by atoms with Gasteiger partial charge in [-0.3, -0.25) is 0 Å². The molecule has 0 fully saturated rings. The monoisotopic (exact) mass is 188 g/mol. The van der Waals surface area contributed by atoms with E-state index < -0.39 is 0 Å². The number of hydrogen-bond acceptors (Lipinski definition) is 2. The van der Waals surface area contributed by atoms with Gasteiger partial charge in [-0.2, -0.15) is 0 Å². The van der Waals surface area contributed by atoms with Crippen molar-refractivity contribution in [3.63, 3.8) is 0 Å². The molecule has 0 saturated heterocycles. The molecule has 2 nitrogen and oxygen atoms in total. The van der Waals surface area contributed by atoms with E-state index in [1.807, 2.05) is 0 Å². The van der Waals surface area contributed by atoms with Crippen LogP contribution in [0.1, 0.15) is 47.0 Å². The summed E-state index contributed by atoms with van der Waals surface area (Å²) in [4.78, 5) is 0. The second kappa shape index (κ2) is 4.97. The molecule has 0 aromatic rings. The van der Waals surface area contributed by atoms with Gasteiger partial charge in [-0.1, -0.05) is 27.7 Å². The summed E-state index contributed by atoms with van der Waals surface area (Å²) in [5, 5.41) is 18.1. The molecule has 0 saturated carbocycles. The van der Waals surface area contributed by atoms with Crippen molar-refractivity contribution in [3.8, 4) is 0 Å². The van der Waals surface area contributed by atoms with Crippen LogP contribution in [-0.4, -0.2) is 23.4 Å². The van der Waals surface area contributed by atoms with Crippen LogP contribution in [0.25, 0.3) is 0 Å². The molecule has 1 unspecified atom stereocenters. The maximum atomic E-state index is 9.25. The second-order valence-electron chi connectivity index (χ2n) is 5.14. The third-order valence-corrected chi connectivity index (χ3v) is 2.93. The van der Waals surface area contributed by atoms with E-state index in [1.54, 1.807) is 0 Å². The maximum Gasteiger partial charge on any atom is 0.0484 e. The van der Waals surface area contributed by atoms with E-state index in [0.717, 1.165) is 19.3 Å². The summed E-state index contributed by atoms with van der Waals surface area (Å²) in [6.07, 6.45) is 2.76. The molecule has 0 amide bonds. The topological polar surface area (TPSA) is 40.5 Å². The standard InChI is InChI=1S/C11H24O2/c1-5-11(4,9-13)8-10(2,3)6-7-12/h12-13H,5-9H2,1-4H3. The molecule has 0 aromatic carbocycles. The van der Waals surface area contributed by atoms with Crippen LogP contribution in [0.3, 0.4) is 0 Å². The summed E-state index contributed by atoms with van der Waals surface area (Å²) in [6.45, 7) is 8.97. The Morgan fingerprint density at radius 2 is 1.62 bits per heavy atom. The molecule has 0 spiro atoms. The normalized spacial score (nSPS) is 17.1. The predicted octanol–water partition coefficient (Wildman–Crippen LogP) is 2.19. The van der Waals surface area contributed by atoms with Gasteiger partial charge in [-0.25, -0.2) is 0 Å². The molecule has 80 valence electrons. The fourth-order valence-corrected chi connectivity index (χ4v) is 1.84. The lowest BCUT2D eigenvalue weighted by Crippen LogP contribution is -2.29. The van der Waals surface area contributed by atoms with Gasteiger partial charge in [-0.05, 0) is 30.1 Å². The minimum absolute atomic E-state index is 0.0126. The Morgan fingerprint density at radius 1 is 1.08 bits per heavy atom.